The molecule has 2 aromatic rings. The summed E-state index contributed by atoms with van der Waals surface area (Å²) in [6.45, 7) is 3.67. The van der Waals surface area contributed by atoms with Crippen LogP contribution in [0.4, 0.5) is 8.78 Å². The minimum Gasteiger partial charge on any atom is -0.493 e. The van der Waals surface area contributed by atoms with Gasteiger partial charge in [-0.25, -0.2) is 8.78 Å². The highest BCUT2D eigenvalue weighted by Gasteiger charge is 2.20. The summed E-state index contributed by atoms with van der Waals surface area (Å²) in [7, 11) is 4.30. The van der Waals surface area contributed by atoms with Crippen molar-refractivity contribution in [2.45, 2.75) is 0 Å². The Balaban J connectivity index is 2.45. The van der Waals surface area contributed by atoms with Crippen LogP contribution in [-0.2, 0) is 0 Å². The minimum absolute atomic E-state index is 0.0168. The zero-order chi connectivity index (χ0) is 17.9. The molecule has 0 aliphatic carbocycles. The predicted molar refractivity (Wildman–Crippen MR) is 85.8 cm³/mol. The standard InChI is InChI=1S/C18H16F2O4/c1-10(11-5-6-13(19)14(20)7-11)17(21)12-8-15(22-2)18(24-4)16(9-12)23-3/h5-9H,1H2,2-4H3. The van der Waals surface area contributed by atoms with Crippen molar-refractivity contribution in [2.24, 2.45) is 0 Å². The second-order valence-electron chi connectivity index (χ2n) is 4.85. The average molecular weight is 334 g/mol. The first-order valence-corrected chi connectivity index (χ1v) is 6.92. The van der Waals surface area contributed by atoms with E-state index >= 15 is 0 Å². The Hall–Kier alpha value is -2.89. The Labute approximate surface area is 138 Å². The molecule has 0 bridgehead atoms. The van der Waals surface area contributed by atoms with Crippen molar-refractivity contribution < 1.29 is 27.8 Å². The van der Waals surface area contributed by atoms with Crippen LogP contribution < -0.4 is 14.2 Å². The summed E-state index contributed by atoms with van der Waals surface area (Å²) in [5, 5.41) is 0. The Kier molecular flexibility index (Phi) is 5.18. The van der Waals surface area contributed by atoms with Crippen molar-refractivity contribution in [3.8, 4) is 17.2 Å². The van der Waals surface area contributed by atoms with Crippen molar-refractivity contribution in [3.05, 3.63) is 59.7 Å². The molecule has 0 aromatic heterocycles. The van der Waals surface area contributed by atoms with Gasteiger partial charge >= 0.3 is 0 Å². The van der Waals surface area contributed by atoms with Gasteiger partial charge in [-0.15, -0.1) is 0 Å². The number of halogens is 2. The maximum Gasteiger partial charge on any atom is 0.203 e. The summed E-state index contributed by atoms with van der Waals surface area (Å²) in [5.41, 5.74) is 0.426. The van der Waals surface area contributed by atoms with Gasteiger partial charge in [-0.3, -0.25) is 4.79 Å². The van der Waals surface area contributed by atoms with Crippen LogP contribution >= 0.6 is 0 Å². The Morgan fingerprint density at radius 1 is 0.875 bits per heavy atom. The van der Waals surface area contributed by atoms with E-state index in [4.69, 9.17) is 14.2 Å². The van der Waals surface area contributed by atoms with E-state index in [9.17, 15) is 13.6 Å². The van der Waals surface area contributed by atoms with E-state index in [-0.39, 0.29) is 16.7 Å². The third kappa shape index (κ3) is 3.22. The molecule has 2 aromatic carbocycles. The number of carbonyl (C=O) groups is 1. The van der Waals surface area contributed by atoms with Gasteiger partial charge in [-0.1, -0.05) is 12.6 Å². The lowest BCUT2D eigenvalue weighted by Crippen LogP contribution is -2.05. The van der Waals surface area contributed by atoms with Crippen LogP contribution in [0, 0.1) is 11.6 Å². The average Bonchev–Trinajstić information content (AvgIpc) is 2.61. The number of benzene rings is 2. The number of hydrogen-bond donors (Lipinski definition) is 0. The van der Waals surface area contributed by atoms with Crippen molar-refractivity contribution in [1.82, 2.24) is 0 Å². The van der Waals surface area contributed by atoms with Gasteiger partial charge < -0.3 is 14.2 Å². The van der Waals surface area contributed by atoms with E-state index < -0.39 is 17.4 Å². The molecule has 0 saturated heterocycles. The third-order valence-electron chi connectivity index (χ3n) is 3.47. The number of Topliss-reactive ketones (excluding diaryl/α,β-unsaturated/α-hetero) is 1. The topological polar surface area (TPSA) is 44.8 Å². The van der Waals surface area contributed by atoms with Gasteiger partial charge in [0.05, 0.1) is 21.3 Å². The number of ketones is 1. The SMILES string of the molecule is C=C(C(=O)c1cc(OC)c(OC)c(OC)c1)c1ccc(F)c(F)c1. The van der Waals surface area contributed by atoms with Crippen LogP contribution in [0.25, 0.3) is 5.57 Å². The van der Waals surface area contributed by atoms with Crippen LogP contribution in [0.5, 0.6) is 17.2 Å². The smallest absolute Gasteiger partial charge is 0.203 e. The third-order valence-corrected chi connectivity index (χ3v) is 3.47. The lowest BCUT2D eigenvalue weighted by molar-refractivity contribution is 0.105. The quantitative estimate of drug-likeness (QED) is 0.594. The fourth-order valence-electron chi connectivity index (χ4n) is 2.20. The van der Waals surface area contributed by atoms with E-state index in [0.717, 1.165) is 12.1 Å². The highest BCUT2D eigenvalue weighted by Crippen LogP contribution is 2.39. The lowest BCUT2D eigenvalue weighted by Gasteiger charge is -2.14. The van der Waals surface area contributed by atoms with Crippen LogP contribution in [0.1, 0.15) is 15.9 Å². The van der Waals surface area contributed by atoms with Gasteiger partial charge in [0.15, 0.2) is 28.9 Å². The van der Waals surface area contributed by atoms with E-state index in [1.807, 2.05) is 0 Å². The summed E-state index contributed by atoms with van der Waals surface area (Å²) in [6, 6.07) is 6.09. The van der Waals surface area contributed by atoms with E-state index in [1.165, 1.54) is 39.5 Å². The maximum atomic E-state index is 13.4. The fraction of sp³-hybridized carbons (Fsp3) is 0.167. The Morgan fingerprint density at radius 3 is 1.92 bits per heavy atom. The predicted octanol–water partition coefficient (Wildman–Crippen LogP) is 3.89. The molecule has 0 radical (unpaired) electrons. The molecule has 0 spiro atoms. The largest absolute Gasteiger partial charge is 0.493 e. The molecule has 24 heavy (non-hydrogen) atoms. The molecule has 126 valence electrons. The van der Waals surface area contributed by atoms with Crippen LogP contribution in [0.2, 0.25) is 0 Å². The number of carbonyl (C=O) groups excluding carboxylic acids is 1. The van der Waals surface area contributed by atoms with Gasteiger partial charge in [0.25, 0.3) is 0 Å². The van der Waals surface area contributed by atoms with E-state index in [2.05, 4.69) is 6.58 Å². The summed E-state index contributed by atoms with van der Waals surface area (Å²) < 4.78 is 42.0. The number of methoxy groups -OCH3 is 3. The first kappa shape index (κ1) is 17.5. The Morgan fingerprint density at radius 2 is 1.46 bits per heavy atom. The molecule has 0 aliphatic heterocycles. The highest BCUT2D eigenvalue weighted by molar-refractivity contribution is 6.28. The van der Waals surface area contributed by atoms with E-state index in [1.54, 1.807) is 0 Å². The molecule has 0 unspecified atom stereocenters. The summed E-state index contributed by atoms with van der Waals surface area (Å²) in [6.07, 6.45) is 0. The van der Waals surface area contributed by atoms with Crippen molar-refractivity contribution >= 4 is 11.4 Å². The first-order valence-electron chi connectivity index (χ1n) is 6.92. The normalized spacial score (nSPS) is 10.2. The fourth-order valence-corrected chi connectivity index (χ4v) is 2.20. The zero-order valence-corrected chi connectivity index (χ0v) is 13.5. The molecule has 0 amide bonds. The number of allylic oxidation sites excluding steroid dienone is 1. The van der Waals surface area contributed by atoms with Crippen LogP contribution in [0.3, 0.4) is 0 Å². The summed E-state index contributed by atoms with van der Waals surface area (Å²) >= 11 is 0. The number of ether oxygens (including phenoxy) is 3. The van der Waals surface area contributed by atoms with Crippen LogP contribution in [-0.4, -0.2) is 27.1 Å². The zero-order valence-electron chi connectivity index (χ0n) is 13.5. The van der Waals surface area contributed by atoms with Crippen molar-refractivity contribution in [1.29, 1.82) is 0 Å². The Bertz CT molecular complexity index is 775. The molecule has 0 atom stereocenters. The highest BCUT2D eigenvalue weighted by atomic mass is 19.2. The molecule has 0 N–H and O–H groups in total. The second kappa shape index (κ2) is 7.12. The molecule has 6 heteroatoms. The van der Waals surface area contributed by atoms with Crippen molar-refractivity contribution in [3.63, 3.8) is 0 Å². The van der Waals surface area contributed by atoms with Gasteiger partial charge in [0.2, 0.25) is 5.75 Å². The first-order chi connectivity index (χ1) is 11.4. The molecule has 0 aliphatic rings. The van der Waals surface area contributed by atoms with Gasteiger partial charge in [-0.2, -0.15) is 0 Å². The van der Waals surface area contributed by atoms with E-state index in [0.29, 0.717) is 17.2 Å². The van der Waals surface area contributed by atoms with Gasteiger partial charge in [0, 0.05) is 11.1 Å². The number of hydrogen-bond acceptors (Lipinski definition) is 4. The summed E-state index contributed by atoms with van der Waals surface area (Å²) in [4.78, 5) is 12.6. The van der Waals surface area contributed by atoms with Crippen LogP contribution in [0.15, 0.2) is 36.9 Å². The monoisotopic (exact) mass is 334 g/mol. The molecule has 0 saturated carbocycles. The van der Waals surface area contributed by atoms with Crippen molar-refractivity contribution in [2.75, 3.05) is 21.3 Å². The lowest BCUT2D eigenvalue weighted by atomic mass is 9.97. The second-order valence-corrected chi connectivity index (χ2v) is 4.85. The molecular formula is C18H16F2O4. The molecule has 0 heterocycles. The summed E-state index contributed by atoms with van der Waals surface area (Å²) in [5.74, 6) is -1.56. The molecule has 4 nitrogen and oxygen atoms in total. The minimum atomic E-state index is -1.05. The number of rotatable bonds is 6. The maximum absolute atomic E-state index is 13.4. The molecular weight excluding hydrogens is 318 g/mol. The molecule has 0 fully saturated rings. The van der Waals surface area contributed by atoms with Gasteiger partial charge in [-0.05, 0) is 29.8 Å². The molecule has 2 rings (SSSR count). The van der Waals surface area contributed by atoms with Gasteiger partial charge in [0.1, 0.15) is 0 Å².